The summed E-state index contributed by atoms with van der Waals surface area (Å²) in [5.74, 6) is 0. The van der Waals surface area contributed by atoms with Gasteiger partial charge in [0.25, 0.3) is 0 Å². The lowest BCUT2D eigenvalue weighted by atomic mass is 10.3. The fourth-order valence-corrected chi connectivity index (χ4v) is 2.75. The Kier molecular flexibility index (Phi) is 4.10. The van der Waals surface area contributed by atoms with Crippen LogP contribution in [0, 0.1) is 0 Å². The molecule has 1 aromatic heterocycles. The van der Waals surface area contributed by atoms with Gasteiger partial charge in [-0.1, -0.05) is 12.1 Å². The van der Waals surface area contributed by atoms with Gasteiger partial charge in [0, 0.05) is 6.54 Å². The standard InChI is InChI=1S/C13H18N2OS/c1-10(16)7-8-15(2)9-13-14-11-5-3-4-6-12(11)17-13/h3-6,10,16H,7-9H2,1-2H3. The highest BCUT2D eigenvalue weighted by Crippen LogP contribution is 2.22. The number of fused-ring (bicyclic) bond motifs is 1. The second kappa shape index (κ2) is 5.58. The molecule has 1 heterocycles. The summed E-state index contributed by atoms with van der Waals surface area (Å²) in [6.07, 6.45) is 0.578. The molecule has 0 aliphatic heterocycles. The van der Waals surface area contributed by atoms with Crippen LogP contribution in [0.1, 0.15) is 18.4 Å². The molecule has 0 saturated carbocycles. The van der Waals surface area contributed by atoms with Crippen LogP contribution >= 0.6 is 11.3 Å². The first kappa shape index (κ1) is 12.5. The van der Waals surface area contributed by atoms with E-state index < -0.39 is 0 Å². The van der Waals surface area contributed by atoms with Crippen molar-refractivity contribution in [1.82, 2.24) is 9.88 Å². The number of aliphatic hydroxyl groups is 1. The quantitative estimate of drug-likeness (QED) is 0.885. The van der Waals surface area contributed by atoms with Crippen molar-refractivity contribution in [2.45, 2.75) is 26.0 Å². The van der Waals surface area contributed by atoms with E-state index in [0.717, 1.165) is 30.0 Å². The average molecular weight is 250 g/mol. The van der Waals surface area contributed by atoms with Gasteiger partial charge in [0.2, 0.25) is 0 Å². The first-order chi connectivity index (χ1) is 8.15. The van der Waals surface area contributed by atoms with Crippen LogP contribution in [-0.4, -0.2) is 34.7 Å². The van der Waals surface area contributed by atoms with E-state index >= 15 is 0 Å². The van der Waals surface area contributed by atoms with Crippen molar-refractivity contribution in [2.24, 2.45) is 0 Å². The predicted molar refractivity (Wildman–Crippen MR) is 72.3 cm³/mol. The molecule has 1 atom stereocenters. The molecule has 0 spiro atoms. The zero-order valence-electron chi connectivity index (χ0n) is 10.3. The SMILES string of the molecule is CC(O)CCN(C)Cc1nc2ccccc2s1. The van der Waals surface area contributed by atoms with Crippen molar-refractivity contribution in [3.63, 3.8) is 0 Å². The number of aliphatic hydroxyl groups excluding tert-OH is 1. The Labute approximate surface area is 106 Å². The van der Waals surface area contributed by atoms with Gasteiger partial charge in [-0.2, -0.15) is 0 Å². The van der Waals surface area contributed by atoms with Crippen LogP contribution in [0.15, 0.2) is 24.3 Å². The Morgan fingerprint density at radius 2 is 2.18 bits per heavy atom. The van der Waals surface area contributed by atoms with Gasteiger partial charge in [-0.15, -0.1) is 11.3 Å². The number of aromatic nitrogens is 1. The average Bonchev–Trinajstić information content (AvgIpc) is 2.68. The fraction of sp³-hybridized carbons (Fsp3) is 0.462. The number of hydrogen-bond donors (Lipinski definition) is 1. The summed E-state index contributed by atoms with van der Waals surface area (Å²) >= 11 is 1.74. The Hall–Kier alpha value is -0.970. The third-order valence-corrected chi connectivity index (χ3v) is 3.69. The van der Waals surface area contributed by atoms with Crippen molar-refractivity contribution in [2.75, 3.05) is 13.6 Å². The van der Waals surface area contributed by atoms with Gasteiger partial charge >= 0.3 is 0 Å². The molecule has 3 nitrogen and oxygen atoms in total. The molecule has 0 aliphatic rings. The van der Waals surface area contributed by atoms with Crippen molar-refractivity contribution < 1.29 is 5.11 Å². The highest BCUT2D eigenvalue weighted by atomic mass is 32.1. The number of thiazole rings is 1. The smallest absolute Gasteiger partial charge is 0.108 e. The zero-order chi connectivity index (χ0) is 12.3. The monoisotopic (exact) mass is 250 g/mol. The fourth-order valence-electron chi connectivity index (χ4n) is 1.70. The molecule has 0 radical (unpaired) electrons. The molecule has 2 aromatic rings. The van der Waals surface area contributed by atoms with E-state index in [9.17, 15) is 5.11 Å². The number of benzene rings is 1. The van der Waals surface area contributed by atoms with E-state index in [2.05, 4.69) is 23.0 Å². The predicted octanol–water partition coefficient (Wildman–Crippen LogP) is 2.50. The number of nitrogens with zero attached hydrogens (tertiary/aromatic N) is 2. The molecular weight excluding hydrogens is 232 g/mol. The highest BCUT2D eigenvalue weighted by Gasteiger charge is 2.07. The van der Waals surface area contributed by atoms with Crippen LogP contribution in [0.4, 0.5) is 0 Å². The maximum Gasteiger partial charge on any atom is 0.108 e. The summed E-state index contributed by atoms with van der Waals surface area (Å²) in [4.78, 5) is 6.79. The molecule has 0 aliphatic carbocycles. The van der Waals surface area contributed by atoms with E-state index in [-0.39, 0.29) is 6.10 Å². The van der Waals surface area contributed by atoms with Crippen molar-refractivity contribution in [1.29, 1.82) is 0 Å². The molecule has 2 rings (SSSR count). The third kappa shape index (κ3) is 3.49. The van der Waals surface area contributed by atoms with Gasteiger partial charge < -0.3 is 5.11 Å². The number of rotatable bonds is 5. The summed E-state index contributed by atoms with van der Waals surface area (Å²) in [7, 11) is 2.06. The lowest BCUT2D eigenvalue weighted by Crippen LogP contribution is -2.21. The van der Waals surface area contributed by atoms with E-state index in [1.54, 1.807) is 11.3 Å². The van der Waals surface area contributed by atoms with Crippen molar-refractivity contribution >= 4 is 21.6 Å². The van der Waals surface area contributed by atoms with Crippen LogP contribution in [-0.2, 0) is 6.54 Å². The largest absolute Gasteiger partial charge is 0.393 e. The van der Waals surface area contributed by atoms with E-state index in [4.69, 9.17) is 0 Å². The maximum absolute atomic E-state index is 9.24. The van der Waals surface area contributed by atoms with Gasteiger partial charge in [-0.3, -0.25) is 4.90 Å². The lowest BCUT2D eigenvalue weighted by molar-refractivity contribution is 0.163. The molecule has 1 N–H and O–H groups in total. The molecule has 17 heavy (non-hydrogen) atoms. The van der Waals surface area contributed by atoms with Gasteiger partial charge in [0.15, 0.2) is 0 Å². The minimum atomic E-state index is -0.229. The summed E-state index contributed by atoms with van der Waals surface area (Å²) in [6, 6.07) is 8.21. The van der Waals surface area contributed by atoms with E-state index in [1.807, 2.05) is 25.1 Å². The van der Waals surface area contributed by atoms with Crippen LogP contribution in [0.2, 0.25) is 0 Å². The molecule has 92 valence electrons. The molecule has 1 unspecified atom stereocenters. The number of hydrogen-bond acceptors (Lipinski definition) is 4. The minimum Gasteiger partial charge on any atom is -0.393 e. The second-order valence-corrected chi connectivity index (χ2v) is 5.57. The number of para-hydroxylation sites is 1. The Morgan fingerprint density at radius 3 is 2.88 bits per heavy atom. The van der Waals surface area contributed by atoms with Crippen LogP contribution in [0.5, 0.6) is 0 Å². The van der Waals surface area contributed by atoms with Crippen molar-refractivity contribution in [3.8, 4) is 0 Å². The Bertz CT molecular complexity index is 448. The highest BCUT2D eigenvalue weighted by molar-refractivity contribution is 7.18. The second-order valence-electron chi connectivity index (χ2n) is 4.45. The summed E-state index contributed by atoms with van der Waals surface area (Å²) < 4.78 is 1.24. The van der Waals surface area contributed by atoms with Gasteiger partial charge in [-0.05, 0) is 32.5 Å². The molecule has 1 aromatic carbocycles. The molecule has 4 heteroatoms. The molecule has 0 amide bonds. The minimum absolute atomic E-state index is 0.229. The van der Waals surface area contributed by atoms with Crippen LogP contribution in [0.3, 0.4) is 0 Å². The summed E-state index contributed by atoms with van der Waals surface area (Å²) in [5.41, 5.74) is 1.08. The van der Waals surface area contributed by atoms with Gasteiger partial charge in [0.05, 0.1) is 22.9 Å². The van der Waals surface area contributed by atoms with E-state index in [0.29, 0.717) is 0 Å². The normalized spacial score (nSPS) is 13.4. The Balaban J connectivity index is 1.98. The topological polar surface area (TPSA) is 36.4 Å². The first-order valence-electron chi connectivity index (χ1n) is 5.86. The van der Waals surface area contributed by atoms with Gasteiger partial charge in [0.1, 0.15) is 5.01 Å². The molecule has 0 saturated heterocycles. The van der Waals surface area contributed by atoms with Gasteiger partial charge in [-0.25, -0.2) is 4.98 Å². The Morgan fingerprint density at radius 1 is 1.41 bits per heavy atom. The summed E-state index contributed by atoms with van der Waals surface area (Å²) in [6.45, 7) is 3.57. The zero-order valence-corrected chi connectivity index (χ0v) is 11.1. The molecule has 0 fully saturated rings. The first-order valence-corrected chi connectivity index (χ1v) is 6.68. The van der Waals surface area contributed by atoms with E-state index in [1.165, 1.54) is 4.70 Å². The van der Waals surface area contributed by atoms with Crippen LogP contribution < -0.4 is 0 Å². The maximum atomic E-state index is 9.24. The molecule has 0 bridgehead atoms. The molecular formula is C13H18N2OS. The van der Waals surface area contributed by atoms with Crippen molar-refractivity contribution in [3.05, 3.63) is 29.3 Å². The van der Waals surface area contributed by atoms with Crippen LogP contribution in [0.25, 0.3) is 10.2 Å². The third-order valence-electron chi connectivity index (χ3n) is 2.67. The lowest BCUT2D eigenvalue weighted by Gasteiger charge is -2.15. The summed E-state index contributed by atoms with van der Waals surface area (Å²) in [5, 5.41) is 10.4.